The van der Waals surface area contributed by atoms with E-state index in [0.29, 0.717) is 0 Å². The fraction of sp³-hybridized carbons (Fsp3) is 0.500. The third kappa shape index (κ3) is 3.09. The molecule has 1 nitrogen and oxygen atoms in total. The van der Waals surface area contributed by atoms with Gasteiger partial charge in [-0.25, -0.2) is 0 Å². The van der Waals surface area contributed by atoms with Crippen molar-refractivity contribution in [2.75, 3.05) is 0 Å². The summed E-state index contributed by atoms with van der Waals surface area (Å²) in [5, 5.41) is 9.14. The van der Waals surface area contributed by atoms with Crippen molar-refractivity contribution < 1.29 is 0 Å². The van der Waals surface area contributed by atoms with Crippen LogP contribution in [0.2, 0.25) is 0 Å². The first-order valence-corrected chi connectivity index (χ1v) is 5.47. The highest BCUT2D eigenvalue weighted by molar-refractivity contribution is 5.30. The Morgan fingerprint density at radius 1 is 1.20 bits per heavy atom. The van der Waals surface area contributed by atoms with Gasteiger partial charge in [0.15, 0.2) is 0 Å². The zero-order valence-corrected chi connectivity index (χ0v) is 10.1. The summed E-state index contributed by atoms with van der Waals surface area (Å²) in [6.07, 6.45) is 1.75. The molecule has 0 spiro atoms. The lowest BCUT2D eigenvalue weighted by atomic mass is 9.82. The van der Waals surface area contributed by atoms with Crippen LogP contribution in [0.15, 0.2) is 18.2 Å². The molecule has 1 atom stereocenters. The average Bonchev–Trinajstić information content (AvgIpc) is 2.16. The molecule has 0 fully saturated rings. The standard InChI is InChI=1S/C14H19N/c1-5-14(4,10-15)9-13-7-11(2)6-12(3)8-13/h6-8H,5,9H2,1-4H3. The minimum absolute atomic E-state index is 0.222. The molecule has 1 aromatic rings. The van der Waals surface area contributed by atoms with Crippen molar-refractivity contribution in [1.82, 2.24) is 0 Å². The van der Waals surface area contributed by atoms with Crippen LogP contribution in [-0.2, 0) is 6.42 Å². The van der Waals surface area contributed by atoms with Crippen molar-refractivity contribution in [1.29, 1.82) is 5.26 Å². The Labute approximate surface area is 92.7 Å². The van der Waals surface area contributed by atoms with Gasteiger partial charge < -0.3 is 0 Å². The summed E-state index contributed by atoms with van der Waals surface area (Å²) in [7, 11) is 0. The number of nitrogens with zero attached hydrogens (tertiary/aromatic N) is 1. The van der Waals surface area contributed by atoms with E-state index in [1.807, 2.05) is 6.92 Å². The monoisotopic (exact) mass is 201 g/mol. The molecule has 0 saturated heterocycles. The zero-order valence-electron chi connectivity index (χ0n) is 10.1. The molecular weight excluding hydrogens is 182 g/mol. The summed E-state index contributed by atoms with van der Waals surface area (Å²) in [5.74, 6) is 0. The van der Waals surface area contributed by atoms with E-state index >= 15 is 0 Å². The third-order valence-corrected chi connectivity index (χ3v) is 2.93. The highest BCUT2D eigenvalue weighted by Gasteiger charge is 2.21. The van der Waals surface area contributed by atoms with E-state index < -0.39 is 0 Å². The van der Waals surface area contributed by atoms with Gasteiger partial charge in [0.05, 0.1) is 11.5 Å². The predicted octanol–water partition coefficient (Wildman–Crippen LogP) is 3.79. The summed E-state index contributed by atoms with van der Waals surface area (Å²) in [6.45, 7) is 8.31. The van der Waals surface area contributed by atoms with Crippen molar-refractivity contribution in [2.45, 2.75) is 40.5 Å². The molecule has 0 heterocycles. The second-order valence-corrected chi connectivity index (χ2v) is 4.70. The number of hydrogen-bond acceptors (Lipinski definition) is 1. The molecule has 15 heavy (non-hydrogen) atoms. The van der Waals surface area contributed by atoms with Crippen molar-refractivity contribution in [3.63, 3.8) is 0 Å². The maximum atomic E-state index is 9.14. The molecule has 0 N–H and O–H groups in total. The predicted molar refractivity (Wildman–Crippen MR) is 63.6 cm³/mol. The maximum Gasteiger partial charge on any atom is 0.0690 e. The Hall–Kier alpha value is -1.29. The van der Waals surface area contributed by atoms with Crippen LogP contribution in [0.4, 0.5) is 0 Å². The fourth-order valence-electron chi connectivity index (χ4n) is 1.87. The fourth-order valence-corrected chi connectivity index (χ4v) is 1.87. The number of hydrogen-bond donors (Lipinski definition) is 0. The quantitative estimate of drug-likeness (QED) is 0.730. The smallest absolute Gasteiger partial charge is 0.0690 e. The third-order valence-electron chi connectivity index (χ3n) is 2.93. The Kier molecular flexibility index (Phi) is 3.52. The van der Waals surface area contributed by atoms with Gasteiger partial charge in [0.2, 0.25) is 0 Å². The molecule has 0 saturated carbocycles. The van der Waals surface area contributed by atoms with Crippen molar-refractivity contribution in [3.8, 4) is 6.07 Å². The summed E-state index contributed by atoms with van der Waals surface area (Å²) < 4.78 is 0. The van der Waals surface area contributed by atoms with Crippen molar-refractivity contribution in [2.24, 2.45) is 5.41 Å². The zero-order chi connectivity index (χ0) is 11.5. The lowest BCUT2D eigenvalue weighted by Crippen LogP contribution is -2.15. The van der Waals surface area contributed by atoms with E-state index in [0.717, 1.165) is 12.8 Å². The molecule has 0 aliphatic rings. The van der Waals surface area contributed by atoms with Gasteiger partial charge in [0, 0.05) is 0 Å². The molecule has 0 amide bonds. The molecule has 0 aliphatic heterocycles. The minimum atomic E-state index is -0.222. The van der Waals surface area contributed by atoms with Gasteiger partial charge in [-0.15, -0.1) is 0 Å². The molecule has 80 valence electrons. The van der Waals surface area contributed by atoms with Gasteiger partial charge in [0.25, 0.3) is 0 Å². The summed E-state index contributed by atoms with van der Waals surface area (Å²) in [5.41, 5.74) is 3.61. The molecule has 0 aromatic heterocycles. The topological polar surface area (TPSA) is 23.8 Å². The van der Waals surface area contributed by atoms with Gasteiger partial charge in [-0.3, -0.25) is 0 Å². The van der Waals surface area contributed by atoms with E-state index in [2.05, 4.69) is 45.0 Å². The second-order valence-electron chi connectivity index (χ2n) is 4.70. The first-order chi connectivity index (χ1) is 6.99. The summed E-state index contributed by atoms with van der Waals surface area (Å²) in [6, 6.07) is 8.94. The number of nitriles is 1. The van der Waals surface area contributed by atoms with E-state index in [-0.39, 0.29) is 5.41 Å². The maximum absolute atomic E-state index is 9.14. The molecule has 1 rings (SSSR count). The van der Waals surface area contributed by atoms with Gasteiger partial charge in [0.1, 0.15) is 0 Å². The molecule has 1 unspecified atom stereocenters. The number of aryl methyl sites for hydroxylation is 2. The van der Waals surface area contributed by atoms with Gasteiger partial charge in [-0.1, -0.05) is 36.2 Å². The van der Waals surface area contributed by atoms with Gasteiger partial charge in [-0.05, 0) is 39.2 Å². The summed E-state index contributed by atoms with van der Waals surface area (Å²) in [4.78, 5) is 0. The van der Waals surface area contributed by atoms with Crippen LogP contribution in [0.3, 0.4) is 0 Å². The van der Waals surface area contributed by atoms with E-state index in [1.165, 1.54) is 16.7 Å². The lowest BCUT2D eigenvalue weighted by molar-refractivity contribution is 0.422. The minimum Gasteiger partial charge on any atom is -0.198 e. The first kappa shape index (κ1) is 11.8. The Morgan fingerprint density at radius 3 is 2.13 bits per heavy atom. The van der Waals surface area contributed by atoms with Crippen molar-refractivity contribution >= 4 is 0 Å². The molecular formula is C14H19N. The van der Waals surface area contributed by atoms with Crippen LogP contribution in [0.5, 0.6) is 0 Å². The van der Waals surface area contributed by atoms with Gasteiger partial charge >= 0.3 is 0 Å². The molecule has 1 aromatic carbocycles. The second kappa shape index (κ2) is 4.49. The van der Waals surface area contributed by atoms with Crippen LogP contribution in [-0.4, -0.2) is 0 Å². The van der Waals surface area contributed by atoms with Crippen molar-refractivity contribution in [3.05, 3.63) is 34.9 Å². The molecule has 0 bridgehead atoms. The number of rotatable bonds is 3. The van der Waals surface area contributed by atoms with Crippen LogP contribution in [0.25, 0.3) is 0 Å². The molecule has 0 radical (unpaired) electrons. The largest absolute Gasteiger partial charge is 0.198 e. The Morgan fingerprint density at radius 2 is 1.73 bits per heavy atom. The van der Waals surface area contributed by atoms with Crippen LogP contribution in [0, 0.1) is 30.6 Å². The average molecular weight is 201 g/mol. The highest BCUT2D eigenvalue weighted by atomic mass is 14.3. The highest BCUT2D eigenvalue weighted by Crippen LogP contribution is 2.26. The Bertz CT molecular complexity index is 367. The molecule has 0 aliphatic carbocycles. The summed E-state index contributed by atoms with van der Waals surface area (Å²) >= 11 is 0. The van der Waals surface area contributed by atoms with E-state index in [9.17, 15) is 0 Å². The lowest BCUT2D eigenvalue weighted by Gasteiger charge is -2.19. The SMILES string of the molecule is CCC(C)(C#N)Cc1cc(C)cc(C)c1. The Balaban J connectivity index is 2.95. The van der Waals surface area contributed by atoms with Crippen LogP contribution >= 0.6 is 0 Å². The first-order valence-electron chi connectivity index (χ1n) is 5.47. The van der Waals surface area contributed by atoms with E-state index in [4.69, 9.17) is 5.26 Å². The van der Waals surface area contributed by atoms with Gasteiger partial charge in [-0.2, -0.15) is 5.26 Å². The van der Waals surface area contributed by atoms with E-state index in [1.54, 1.807) is 0 Å². The van der Waals surface area contributed by atoms with Crippen LogP contribution < -0.4 is 0 Å². The van der Waals surface area contributed by atoms with Crippen LogP contribution in [0.1, 0.15) is 37.0 Å². The number of benzene rings is 1. The normalized spacial score (nSPS) is 14.3. The molecule has 1 heteroatoms.